The highest BCUT2D eigenvalue weighted by Crippen LogP contribution is 2.25. The summed E-state index contributed by atoms with van der Waals surface area (Å²) in [4.78, 5) is 0. The molecule has 0 saturated heterocycles. The second-order valence-electron chi connectivity index (χ2n) is 3.65. The van der Waals surface area contributed by atoms with Crippen LogP contribution in [-0.2, 0) is 6.42 Å². The molecule has 2 aromatic rings. The molecule has 2 heterocycles. The van der Waals surface area contributed by atoms with E-state index in [2.05, 4.69) is 15.5 Å². The number of nitrogens with zero attached hydrogens (tertiary/aromatic N) is 2. The van der Waals surface area contributed by atoms with Gasteiger partial charge in [0.2, 0.25) is 0 Å². The molecule has 0 aromatic carbocycles. The van der Waals surface area contributed by atoms with Crippen molar-refractivity contribution < 1.29 is 4.42 Å². The fourth-order valence-corrected chi connectivity index (χ4v) is 2.30. The van der Waals surface area contributed by atoms with Crippen LogP contribution in [0, 0.1) is 6.92 Å². The van der Waals surface area contributed by atoms with Crippen molar-refractivity contribution in [1.29, 1.82) is 0 Å². The third-order valence-electron chi connectivity index (χ3n) is 2.26. The van der Waals surface area contributed by atoms with Gasteiger partial charge >= 0.3 is 0 Å². The molecule has 0 bridgehead atoms. The van der Waals surface area contributed by atoms with E-state index in [-0.39, 0.29) is 0 Å². The number of aryl methyl sites for hydroxylation is 2. The lowest BCUT2D eigenvalue weighted by molar-refractivity contribution is 0.535. The molecule has 0 unspecified atom stereocenters. The molecule has 0 radical (unpaired) electrons. The Hall–Kier alpha value is -1.20. The molecule has 2 aromatic heterocycles. The molecular weight excluding hydrogens is 222 g/mol. The standard InChI is InChI=1S/C11H15N3OS/c1-8-6-9(7-15-8)11-14-13-10(16-11)4-3-5-12-2/h6-7,12H,3-5H2,1-2H3. The van der Waals surface area contributed by atoms with E-state index in [1.807, 2.05) is 20.0 Å². The van der Waals surface area contributed by atoms with Gasteiger partial charge in [-0.15, -0.1) is 10.2 Å². The van der Waals surface area contributed by atoms with E-state index in [9.17, 15) is 0 Å². The van der Waals surface area contributed by atoms with Crippen LogP contribution in [-0.4, -0.2) is 23.8 Å². The second-order valence-corrected chi connectivity index (χ2v) is 4.72. The maximum Gasteiger partial charge on any atom is 0.151 e. The average molecular weight is 237 g/mol. The third kappa shape index (κ3) is 2.68. The molecule has 0 amide bonds. The molecule has 0 aliphatic rings. The number of rotatable bonds is 5. The van der Waals surface area contributed by atoms with E-state index < -0.39 is 0 Å². The van der Waals surface area contributed by atoms with Crippen LogP contribution in [0.25, 0.3) is 10.6 Å². The van der Waals surface area contributed by atoms with E-state index in [0.717, 1.165) is 40.7 Å². The summed E-state index contributed by atoms with van der Waals surface area (Å²) in [5.41, 5.74) is 1.02. The normalized spacial score (nSPS) is 10.9. The van der Waals surface area contributed by atoms with E-state index >= 15 is 0 Å². The summed E-state index contributed by atoms with van der Waals surface area (Å²) in [7, 11) is 1.96. The molecule has 16 heavy (non-hydrogen) atoms. The van der Waals surface area contributed by atoms with Crippen LogP contribution in [0.5, 0.6) is 0 Å². The monoisotopic (exact) mass is 237 g/mol. The lowest BCUT2D eigenvalue weighted by Crippen LogP contribution is -2.08. The van der Waals surface area contributed by atoms with Gasteiger partial charge in [-0.1, -0.05) is 11.3 Å². The van der Waals surface area contributed by atoms with Crippen molar-refractivity contribution in [3.63, 3.8) is 0 Å². The van der Waals surface area contributed by atoms with Crippen molar-refractivity contribution in [2.24, 2.45) is 0 Å². The molecule has 86 valence electrons. The van der Waals surface area contributed by atoms with Gasteiger partial charge in [0.05, 0.1) is 5.56 Å². The Labute approximate surface area is 98.7 Å². The summed E-state index contributed by atoms with van der Waals surface area (Å²) in [5.74, 6) is 0.905. The first kappa shape index (κ1) is 11.3. The van der Waals surface area contributed by atoms with Crippen LogP contribution in [0.15, 0.2) is 16.7 Å². The smallest absolute Gasteiger partial charge is 0.151 e. The first-order chi connectivity index (χ1) is 7.79. The van der Waals surface area contributed by atoms with E-state index in [1.165, 1.54) is 0 Å². The lowest BCUT2D eigenvalue weighted by Gasteiger charge is -1.94. The van der Waals surface area contributed by atoms with Gasteiger partial charge in [-0.2, -0.15) is 0 Å². The van der Waals surface area contributed by atoms with Crippen molar-refractivity contribution in [3.8, 4) is 10.6 Å². The van der Waals surface area contributed by atoms with Gasteiger partial charge in [0.25, 0.3) is 0 Å². The topological polar surface area (TPSA) is 51.0 Å². The Morgan fingerprint density at radius 2 is 2.31 bits per heavy atom. The molecule has 4 nitrogen and oxygen atoms in total. The Bertz CT molecular complexity index is 450. The lowest BCUT2D eigenvalue weighted by atomic mass is 10.3. The molecule has 0 fully saturated rings. The summed E-state index contributed by atoms with van der Waals surface area (Å²) in [6, 6.07) is 1.98. The zero-order valence-electron chi connectivity index (χ0n) is 9.49. The van der Waals surface area contributed by atoms with Gasteiger partial charge in [0, 0.05) is 6.42 Å². The molecule has 2 rings (SSSR count). The number of aromatic nitrogens is 2. The van der Waals surface area contributed by atoms with Crippen LogP contribution in [0.4, 0.5) is 0 Å². The third-order valence-corrected chi connectivity index (χ3v) is 3.29. The fourth-order valence-electron chi connectivity index (χ4n) is 1.44. The minimum atomic E-state index is 0.905. The Morgan fingerprint density at radius 1 is 1.44 bits per heavy atom. The SMILES string of the molecule is CNCCCc1nnc(-c2coc(C)c2)s1. The van der Waals surface area contributed by atoms with E-state index in [4.69, 9.17) is 4.42 Å². The number of nitrogens with one attached hydrogen (secondary N) is 1. The van der Waals surface area contributed by atoms with E-state index in [0.29, 0.717) is 0 Å². The fraction of sp³-hybridized carbons (Fsp3) is 0.455. The van der Waals surface area contributed by atoms with Crippen LogP contribution in [0.3, 0.4) is 0 Å². The maximum absolute atomic E-state index is 5.26. The number of furan rings is 1. The highest BCUT2D eigenvalue weighted by molar-refractivity contribution is 7.14. The van der Waals surface area contributed by atoms with Crippen molar-refractivity contribution >= 4 is 11.3 Å². The Balaban J connectivity index is 2.02. The molecule has 1 N–H and O–H groups in total. The van der Waals surface area contributed by atoms with Crippen LogP contribution < -0.4 is 5.32 Å². The predicted molar refractivity (Wildman–Crippen MR) is 64.6 cm³/mol. The van der Waals surface area contributed by atoms with Crippen molar-refractivity contribution in [2.75, 3.05) is 13.6 Å². The maximum atomic E-state index is 5.26. The minimum absolute atomic E-state index is 0.905. The predicted octanol–water partition coefficient (Wildman–Crippen LogP) is 2.26. The summed E-state index contributed by atoms with van der Waals surface area (Å²) >= 11 is 1.64. The van der Waals surface area contributed by atoms with Gasteiger partial charge in [-0.3, -0.25) is 0 Å². The zero-order valence-corrected chi connectivity index (χ0v) is 10.3. The summed E-state index contributed by atoms with van der Waals surface area (Å²) < 4.78 is 5.26. The average Bonchev–Trinajstić information content (AvgIpc) is 2.87. The molecule has 0 aliphatic heterocycles. The zero-order chi connectivity index (χ0) is 11.4. The van der Waals surface area contributed by atoms with Gasteiger partial charge in [-0.05, 0) is 33.0 Å². The first-order valence-electron chi connectivity index (χ1n) is 5.32. The van der Waals surface area contributed by atoms with E-state index in [1.54, 1.807) is 17.6 Å². The summed E-state index contributed by atoms with van der Waals surface area (Å²) in [5, 5.41) is 13.5. The first-order valence-corrected chi connectivity index (χ1v) is 6.13. The van der Waals surface area contributed by atoms with Gasteiger partial charge < -0.3 is 9.73 Å². The van der Waals surface area contributed by atoms with Gasteiger partial charge in [0.1, 0.15) is 17.0 Å². The molecule has 0 aliphatic carbocycles. The number of hydrogen-bond donors (Lipinski definition) is 1. The molecule has 0 atom stereocenters. The van der Waals surface area contributed by atoms with Crippen molar-refractivity contribution in [1.82, 2.24) is 15.5 Å². The quantitative estimate of drug-likeness (QED) is 0.810. The highest BCUT2D eigenvalue weighted by atomic mass is 32.1. The van der Waals surface area contributed by atoms with Crippen LogP contribution >= 0.6 is 11.3 Å². The van der Waals surface area contributed by atoms with Crippen LogP contribution in [0.1, 0.15) is 17.2 Å². The highest BCUT2D eigenvalue weighted by Gasteiger charge is 2.08. The summed E-state index contributed by atoms with van der Waals surface area (Å²) in [6.45, 7) is 2.94. The molecule has 0 saturated carbocycles. The Morgan fingerprint density at radius 3 is 3.00 bits per heavy atom. The van der Waals surface area contributed by atoms with Crippen molar-refractivity contribution in [3.05, 3.63) is 23.1 Å². The van der Waals surface area contributed by atoms with Gasteiger partial charge in [-0.25, -0.2) is 0 Å². The number of hydrogen-bond acceptors (Lipinski definition) is 5. The molecule has 0 spiro atoms. The minimum Gasteiger partial charge on any atom is -0.469 e. The molecular formula is C11H15N3OS. The second kappa shape index (κ2) is 5.23. The van der Waals surface area contributed by atoms with Crippen LogP contribution in [0.2, 0.25) is 0 Å². The Kier molecular flexibility index (Phi) is 3.69. The summed E-state index contributed by atoms with van der Waals surface area (Å²) in [6.07, 6.45) is 3.80. The van der Waals surface area contributed by atoms with Gasteiger partial charge in [0.15, 0.2) is 5.01 Å². The largest absolute Gasteiger partial charge is 0.469 e. The van der Waals surface area contributed by atoms with Crippen molar-refractivity contribution in [2.45, 2.75) is 19.8 Å². The molecule has 5 heteroatoms.